The first-order valence-corrected chi connectivity index (χ1v) is 7.48. The van der Waals surface area contributed by atoms with Crippen LogP contribution in [0.1, 0.15) is 27.7 Å². The molecule has 0 saturated heterocycles. The maximum Gasteiger partial charge on any atom is 0.340 e. The molecule has 1 heterocycles. The molecule has 0 spiro atoms. The second-order valence-electron chi connectivity index (χ2n) is 6.03. The molecule has 24 heavy (non-hydrogen) atoms. The monoisotopic (exact) mass is 339 g/mol. The lowest BCUT2D eigenvalue weighted by molar-refractivity contribution is -0.155. The van der Waals surface area contributed by atoms with Gasteiger partial charge in [0, 0.05) is 14.0 Å². The van der Waals surface area contributed by atoms with Crippen molar-refractivity contribution in [3.63, 3.8) is 0 Å². The quantitative estimate of drug-likeness (QED) is 0.259. The summed E-state index contributed by atoms with van der Waals surface area (Å²) in [5.74, 6) is -0.690. The summed E-state index contributed by atoms with van der Waals surface area (Å²) < 4.78 is 15.2. The molecule has 0 radical (unpaired) electrons. The number of hydrogen-bond donors (Lipinski definition) is 1. The molecule has 0 aromatic heterocycles. The third kappa shape index (κ3) is 5.21. The molecule has 0 aromatic rings. The number of esters is 1. The van der Waals surface area contributed by atoms with Gasteiger partial charge in [0.2, 0.25) is 12.2 Å². The van der Waals surface area contributed by atoms with Gasteiger partial charge in [0.1, 0.15) is 6.26 Å². The minimum atomic E-state index is -1.01. The fourth-order valence-corrected chi connectivity index (χ4v) is 1.87. The van der Waals surface area contributed by atoms with Crippen molar-refractivity contribution in [1.82, 2.24) is 4.90 Å². The van der Waals surface area contributed by atoms with Gasteiger partial charge in [0.25, 0.3) is 0 Å². The Labute approximate surface area is 142 Å². The number of hydrogen-bond acceptors (Lipinski definition) is 6. The molecule has 1 amide bonds. The van der Waals surface area contributed by atoms with Gasteiger partial charge in [-0.25, -0.2) is 4.79 Å². The fourth-order valence-electron chi connectivity index (χ4n) is 1.87. The summed E-state index contributed by atoms with van der Waals surface area (Å²) >= 11 is 0. The molecule has 7 nitrogen and oxygen atoms in total. The Morgan fingerprint density at radius 3 is 2.50 bits per heavy atom. The number of rotatable bonds is 6. The van der Waals surface area contributed by atoms with E-state index in [1.807, 2.05) is 13.8 Å². The third-order valence-corrected chi connectivity index (χ3v) is 3.81. The first-order valence-electron chi connectivity index (χ1n) is 7.48. The lowest BCUT2D eigenvalue weighted by Gasteiger charge is -2.32. The van der Waals surface area contributed by atoms with Crippen molar-refractivity contribution in [2.75, 3.05) is 14.2 Å². The Bertz CT molecular complexity index is 576. The molecule has 0 bridgehead atoms. The minimum absolute atomic E-state index is 0.0987. The standard InChI is InChI=1S/C17H25NO6/c1-11-9-14(24-15(11)20)23-10-13(16(21)22-6)7-8-17(3,4)18(5)12(2)19/h7-10,14-15,20H,1-6H3/b8-7+,13-10+. The highest BCUT2D eigenvalue weighted by Gasteiger charge is 2.24. The van der Waals surface area contributed by atoms with Crippen molar-refractivity contribution < 1.29 is 28.9 Å². The van der Waals surface area contributed by atoms with E-state index >= 15 is 0 Å². The first kappa shape index (κ1) is 19.9. The zero-order chi connectivity index (χ0) is 18.5. The number of ether oxygens (including phenoxy) is 3. The Morgan fingerprint density at radius 1 is 1.42 bits per heavy atom. The number of carbonyl (C=O) groups excluding carboxylic acids is 2. The minimum Gasteiger partial charge on any atom is -0.468 e. The number of amides is 1. The fraction of sp³-hybridized carbons (Fsp3) is 0.529. The van der Waals surface area contributed by atoms with Gasteiger partial charge >= 0.3 is 5.97 Å². The van der Waals surface area contributed by atoms with Crippen LogP contribution in [0.15, 0.2) is 35.6 Å². The second-order valence-corrected chi connectivity index (χ2v) is 6.03. The van der Waals surface area contributed by atoms with Crippen LogP contribution in [0.5, 0.6) is 0 Å². The molecular weight excluding hydrogens is 314 g/mol. The van der Waals surface area contributed by atoms with Crippen molar-refractivity contribution >= 4 is 11.9 Å². The maximum atomic E-state index is 11.9. The van der Waals surface area contributed by atoms with Crippen molar-refractivity contribution in [1.29, 1.82) is 0 Å². The van der Waals surface area contributed by atoms with Crippen LogP contribution in [0.2, 0.25) is 0 Å². The Morgan fingerprint density at radius 2 is 2.04 bits per heavy atom. The SMILES string of the molecule is COC(=O)C(/C=C/C(C)(C)N(C)C(C)=O)=C/OC1C=C(C)C(O)O1. The zero-order valence-corrected chi connectivity index (χ0v) is 14.9. The van der Waals surface area contributed by atoms with Gasteiger partial charge in [-0.2, -0.15) is 0 Å². The van der Waals surface area contributed by atoms with E-state index in [9.17, 15) is 14.7 Å². The van der Waals surface area contributed by atoms with E-state index in [4.69, 9.17) is 14.2 Å². The molecular formula is C17H25NO6. The van der Waals surface area contributed by atoms with Gasteiger partial charge in [0.15, 0.2) is 6.29 Å². The van der Waals surface area contributed by atoms with E-state index in [0.29, 0.717) is 5.57 Å². The van der Waals surface area contributed by atoms with Gasteiger partial charge < -0.3 is 24.2 Å². The van der Waals surface area contributed by atoms with E-state index in [-0.39, 0.29) is 11.5 Å². The molecule has 2 atom stereocenters. The molecule has 1 rings (SSSR count). The normalized spacial score (nSPS) is 21.6. The predicted molar refractivity (Wildman–Crippen MR) is 87.5 cm³/mol. The van der Waals surface area contributed by atoms with Gasteiger partial charge in [0.05, 0.1) is 18.2 Å². The predicted octanol–water partition coefficient (Wildman–Crippen LogP) is 1.49. The molecule has 7 heteroatoms. The average molecular weight is 339 g/mol. The summed E-state index contributed by atoms with van der Waals surface area (Å²) in [5, 5.41) is 9.48. The van der Waals surface area contributed by atoms with Crippen LogP contribution in [0.4, 0.5) is 0 Å². The van der Waals surface area contributed by atoms with Crippen molar-refractivity contribution in [2.24, 2.45) is 0 Å². The van der Waals surface area contributed by atoms with Crippen LogP contribution >= 0.6 is 0 Å². The van der Waals surface area contributed by atoms with Crippen molar-refractivity contribution in [2.45, 2.75) is 45.8 Å². The van der Waals surface area contributed by atoms with Crippen LogP contribution in [-0.2, 0) is 23.8 Å². The maximum absolute atomic E-state index is 11.9. The molecule has 1 aliphatic rings. The van der Waals surface area contributed by atoms with Crippen molar-refractivity contribution in [3.05, 3.63) is 35.6 Å². The van der Waals surface area contributed by atoms with Gasteiger partial charge in [-0.3, -0.25) is 4.79 Å². The molecule has 0 aromatic carbocycles. The van der Waals surface area contributed by atoms with Crippen LogP contribution < -0.4 is 0 Å². The topological polar surface area (TPSA) is 85.3 Å². The van der Waals surface area contributed by atoms with E-state index in [1.165, 1.54) is 26.4 Å². The molecule has 2 unspecified atom stereocenters. The van der Waals surface area contributed by atoms with E-state index in [2.05, 4.69) is 0 Å². The van der Waals surface area contributed by atoms with Crippen LogP contribution in [0.3, 0.4) is 0 Å². The molecule has 0 fully saturated rings. The smallest absolute Gasteiger partial charge is 0.340 e. The molecule has 1 N–H and O–H groups in total. The second kappa shape index (κ2) is 8.12. The average Bonchev–Trinajstić information content (AvgIpc) is 2.84. The van der Waals surface area contributed by atoms with Gasteiger partial charge in [-0.1, -0.05) is 6.08 Å². The van der Waals surface area contributed by atoms with E-state index in [0.717, 1.165) is 0 Å². The van der Waals surface area contributed by atoms with Crippen LogP contribution in [-0.4, -0.2) is 54.2 Å². The lowest BCUT2D eigenvalue weighted by Crippen LogP contribution is -2.42. The van der Waals surface area contributed by atoms with Crippen LogP contribution in [0.25, 0.3) is 0 Å². The highest BCUT2D eigenvalue weighted by atomic mass is 16.7. The number of nitrogens with zero attached hydrogens (tertiary/aromatic N) is 1. The van der Waals surface area contributed by atoms with E-state index < -0.39 is 24.1 Å². The summed E-state index contributed by atoms with van der Waals surface area (Å²) in [6.07, 6.45) is 4.25. The summed E-state index contributed by atoms with van der Waals surface area (Å²) in [6, 6.07) is 0. The summed E-state index contributed by atoms with van der Waals surface area (Å²) in [4.78, 5) is 24.9. The number of likely N-dealkylation sites (N-methyl/N-ethyl adjacent to an activating group) is 1. The van der Waals surface area contributed by atoms with Gasteiger partial charge in [-0.05, 0) is 38.5 Å². The Balaban J connectivity index is 2.90. The molecule has 0 saturated carbocycles. The summed E-state index contributed by atoms with van der Waals surface area (Å²) in [5.41, 5.74) is 0.182. The highest BCUT2D eigenvalue weighted by Crippen LogP contribution is 2.20. The Kier molecular flexibility index (Phi) is 6.74. The van der Waals surface area contributed by atoms with Crippen molar-refractivity contribution in [3.8, 4) is 0 Å². The zero-order valence-electron chi connectivity index (χ0n) is 14.9. The number of aliphatic hydroxyl groups is 1. The lowest BCUT2D eigenvalue weighted by atomic mass is 10.0. The largest absolute Gasteiger partial charge is 0.468 e. The first-order chi connectivity index (χ1) is 11.1. The number of methoxy groups -OCH3 is 1. The van der Waals surface area contributed by atoms with Crippen LogP contribution in [0, 0.1) is 0 Å². The number of aliphatic hydroxyl groups excluding tert-OH is 1. The summed E-state index contributed by atoms with van der Waals surface area (Å²) in [7, 11) is 2.93. The third-order valence-electron chi connectivity index (χ3n) is 3.81. The summed E-state index contributed by atoms with van der Waals surface area (Å²) in [6.45, 7) is 6.85. The molecule has 134 valence electrons. The van der Waals surface area contributed by atoms with Gasteiger partial charge in [-0.15, -0.1) is 0 Å². The Hall–Kier alpha value is -2.12. The number of carbonyl (C=O) groups is 2. The van der Waals surface area contributed by atoms with E-state index in [1.54, 1.807) is 31.0 Å². The molecule has 0 aliphatic carbocycles. The molecule has 1 aliphatic heterocycles. The highest BCUT2D eigenvalue weighted by molar-refractivity contribution is 5.91.